The molecule has 27 heavy (non-hydrogen) atoms. The maximum atomic E-state index is 12.3. The van der Waals surface area contributed by atoms with Crippen LogP contribution in [0.3, 0.4) is 0 Å². The van der Waals surface area contributed by atoms with Crippen LogP contribution < -0.4 is 5.32 Å². The van der Waals surface area contributed by atoms with Crippen LogP contribution in [0.2, 0.25) is 0 Å². The average molecular weight is 366 g/mol. The molecule has 0 fully saturated rings. The van der Waals surface area contributed by atoms with Crippen molar-refractivity contribution in [2.45, 2.75) is 33.1 Å². The first-order valence-corrected chi connectivity index (χ1v) is 9.05. The number of nitrogens with one attached hydrogen (secondary N) is 1. The molecule has 0 atom stereocenters. The molecule has 0 saturated heterocycles. The minimum atomic E-state index is -0.532. The van der Waals surface area contributed by atoms with Crippen molar-refractivity contribution in [1.82, 2.24) is 14.8 Å². The highest BCUT2D eigenvalue weighted by Crippen LogP contribution is 2.22. The number of rotatable bonds is 7. The molecule has 3 aromatic rings. The van der Waals surface area contributed by atoms with Crippen molar-refractivity contribution in [3.63, 3.8) is 0 Å². The van der Waals surface area contributed by atoms with Gasteiger partial charge in [-0.05, 0) is 31.5 Å². The van der Waals surface area contributed by atoms with E-state index in [2.05, 4.69) is 15.4 Å². The first-order valence-electron chi connectivity index (χ1n) is 9.05. The first kappa shape index (κ1) is 18.6. The lowest BCUT2D eigenvalue weighted by atomic mass is 10.2. The van der Waals surface area contributed by atoms with Crippen LogP contribution in [-0.4, -0.2) is 33.2 Å². The van der Waals surface area contributed by atoms with E-state index in [1.54, 1.807) is 13.0 Å². The average Bonchev–Trinajstić information content (AvgIpc) is 3.09. The smallest absolute Gasteiger partial charge is 0.343 e. The van der Waals surface area contributed by atoms with E-state index in [0.29, 0.717) is 12.2 Å². The molecular weight excluding hydrogens is 344 g/mol. The van der Waals surface area contributed by atoms with Gasteiger partial charge in [-0.3, -0.25) is 4.79 Å². The summed E-state index contributed by atoms with van der Waals surface area (Å²) in [4.78, 5) is 29.1. The number of unbranched alkanes of at least 4 members (excludes halogenated alkanes) is 1. The molecule has 0 saturated carbocycles. The molecule has 1 N–H and O–H groups in total. The van der Waals surface area contributed by atoms with Gasteiger partial charge in [0.05, 0.1) is 18.3 Å². The normalized spacial score (nSPS) is 10.7. The number of carbonyl (C=O) groups excluding carboxylic acids is 2. The van der Waals surface area contributed by atoms with Crippen molar-refractivity contribution >= 4 is 28.6 Å². The van der Waals surface area contributed by atoms with Gasteiger partial charge in [0.2, 0.25) is 5.91 Å². The summed E-state index contributed by atoms with van der Waals surface area (Å²) in [5, 5.41) is 8.06. The van der Waals surface area contributed by atoms with Crippen LogP contribution in [0.15, 0.2) is 42.6 Å². The number of aromatic nitrogens is 3. The number of fused-ring (bicyclic) bond motifs is 1. The zero-order valence-corrected chi connectivity index (χ0v) is 15.4. The molecule has 0 unspecified atom stereocenters. The van der Waals surface area contributed by atoms with Crippen LogP contribution >= 0.6 is 0 Å². The van der Waals surface area contributed by atoms with Gasteiger partial charge in [0.1, 0.15) is 5.56 Å². The second-order valence-electron chi connectivity index (χ2n) is 6.05. The van der Waals surface area contributed by atoms with Gasteiger partial charge in [0.25, 0.3) is 0 Å². The molecule has 0 aliphatic carbocycles. The number of carbonyl (C=O) groups is 2. The van der Waals surface area contributed by atoms with Crippen molar-refractivity contribution in [2.24, 2.45) is 0 Å². The lowest BCUT2D eigenvalue weighted by Gasteiger charge is -2.11. The Hall–Kier alpha value is -3.22. The minimum absolute atomic E-state index is 0.176. The zero-order chi connectivity index (χ0) is 19.2. The SMILES string of the molecule is CCCCC(=O)Nc1c(C(=O)OCC)cnn1-c1ccc2ccccc2n1. The van der Waals surface area contributed by atoms with Crippen molar-refractivity contribution < 1.29 is 14.3 Å². The van der Waals surface area contributed by atoms with E-state index in [0.717, 1.165) is 23.7 Å². The van der Waals surface area contributed by atoms with Gasteiger partial charge in [-0.15, -0.1) is 0 Å². The predicted octanol–water partition coefficient (Wildman–Crippen LogP) is 3.73. The molecular formula is C20H22N4O3. The van der Waals surface area contributed by atoms with Gasteiger partial charge in [-0.25, -0.2) is 9.78 Å². The number of anilines is 1. The highest BCUT2D eigenvalue weighted by Gasteiger charge is 2.22. The molecule has 0 spiro atoms. The van der Waals surface area contributed by atoms with Crippen molar-refractivity contribution in [1.29, 1.82) is 0 Å². The summed E-state index contributed by atoms with van der Waals surface area (Å²) in [7, 11) is 0. The van der Waals surface area contributed by atoms with E-state index in [-0.39, 0.29) is 23.9 Å². The van der Waals surface area contributed by atoms with E-state index in [1.807, 2.05) is 37.3 Å². The van der Waals surface area contributed by atoms with Gasteiger partial charge >= 0.3 is 5.97 Å². The first-order chi connectivity index (χ1) is 13.1. The topological polar surface area (TPSA) is 86.1 Å². The van der Waals surface area contributed by atoms with Crippen LogP contribution in [0.5, 0.6) is 0 Å². The number of esters is 1. The molecule has 1 aromatic carbocycles. The molecule has 0 aliphatic heterocycles. The lowest BCUT2D eigenvalue weighted by Crippen LogP contribution is -2.18. The highest BCUT2D eigenvalue weighted by atomic mass is 16.5. The summed E-state index contributed by atoms with van der Waals surface area (Å²) in [6, 6.07) is 11.4. The third kappa shape index (κ3) is 4.13. The Morgan fingerprint density at radius 2 is 1.96 bits per heavy atom. The van der Waals surface area contributed by atoms with Crippen LogP contribution in [0.1, 0.15) is 43.5 Å². The summed E-state index contributed by atoms with van der Waals surface area (Å²) < 4.78 is 6.55. The summed E-state index contributed by atoms with van der Waals surface area (Å²) in [6.07, 6.45) is 3.44. The highest BCUT2D eigenvalue weighted by molar-refractivity contribution is 6.00. The maximum Gasteiger partial charge on any atom is 0.343 e. The lowest BCUT2D eigenvalue weighted by molar-refractivity contribution is -0.116. The van der Waals surface area contributed by atoms with Gasteiger partial charge < -0.3 is 10.1 Å². The Labute approximate surface area is 157 Å². The molecule has 3 rings (SSSR count). The van der Waals surface area contributed by atoms with Crippen LogP contribution in [0, 0.1) is 0 Å². The second-order valence-corrected chi connectivity index (χ2v) is 6.05. The molecule has 2 heterocycles. The second kappa shape index (κ2) is 8.44. The number of pyridine rings is 1. The molecule has 7 heteroatoms. The quantitative estimate of drug-likeness (QED) is 0.644. The number of benzene rings is 1. The van der Waals surface area contributed by atoms with Crippen molar-refractivity contribution in [3.05, 3.63) is 48.2 Å². The molecule has 0 bridgehead atoms. The Balaban J connectivity index is 2.02. The number of ether oxygens (including phenoxy) is 1. The summed E-state index contributed by atoms with van der Waals surface area (Å²) in [5.41, 5.74) is 1.00. The van der Waals surface area contributed by atoms with E-state index < -0.39 is 5.97 Å². The van der Waals surface area contributed by atoms with Crippen LogP contribution in [-0.2, 0) is 9.53 Å². The largest absolute Gasteiger partial charge is 0.462 e. The van der Waals surface area contributed by atoms with E-state index in [4.69, 9.17) is 4.74 Å². The van der Waals surface area contributed by atoms with E-state index >= 15 is 0 Å². The van der Waals surface area contributed by atoms with Gasteiger partial charge in [0.15, 0.2) is 11.6 Å². The fourth-order valence-electron chi connectivity index (χ4n) is 2.71. The summed E-state index contributed by atoms with van der Waals surface area (Å²) >= 11 is 0. The predicted molar refractivity (Wildman–Crippen MR) is 103 cm³/mol. The zero-order valence-electron chi connectivity index (χ0n) is 15.4. The van der Waals surface area contributed by atoms with Crippen LogP contribution in [0.25, 0.3) is 16.7 Å². The molecule has 0 aliphatic rings. The Morgan fingerprint density at radius 1 is 1.15 bits per heavy atom. The van der Waals surface area contributed by atoms with E-state index in [9.17, 15) is 9.59 Å². The number of para-hydroxylation sites is 1. The summed E-state index contributed by atoms with van der Waals surface area (Å²) in [5.74, 6) is 0.0765. The minimum Gasteiger partial charge on any atom is -0.462 e. The third-order valence-electron chi connectivity index (χ3n) is 4.08. The molecule has 7 nitrogen and oxygen atoms in total. The fraction of sp³-hybridized carbons (Fsp3) is 0.300. The fourth-order valence-corrected chi connectivity index (χ4v) is 2.71. The van der Waals surface area contributed by atoms with Gasteiger partial charge in [-0.2, -0.15) is 9.78 Å². The summed E-state index contributed by atoms with van der Waals surface area (Å²) in [6.45, 7) is 3.98. The Bertz CT molecular complexity index is 965. The number of amides is 1. The molecule has 1 amide bonds. The Kier molecular flexibility index (Phi) is 5.80. The third-order valence-corrected chi connectivity index (χ3v) is 4.08. The van der Waals surface area contributed by atoms with Gasteiger partial charge in [0, 0.05) is 11.8 Å². The standard InChI is InChI=1S/C20H22N4O3/c1-3-5-10-18(25)23-19-15(20(26)27-4-2)13-21-24(19)17-12-11-14-8-6-7-9-16(14)22-17/h6-9,11-13H,3-5,10H2,1-2H3,(H,23,25). The van der Waals surface area contributed by atoms with E-state index in [1.165, 1.54) is 10.9 Å². The molecule has 140 valence electrons. The number of hydrogen-bond donors (Lipinski definition) is 1. The Morgan fingerprint density at radius 3 is 2.74 bits per heavy atom. The maximum absolute atomic E-state index is 12.3. The van der Waals surface area contributed by atoms with Gasteiger partial charge in [-0.1, -0.05) is 31.5 Å². The molecule has 2 aromatic heterocycles. The molecule has 0 radical (unpaired) electrons. The number of hydrogen-bond acceptors (Lipinski definition) is 5. The van der Waals surface area contributed by atoms with Crippen LogP contribution in [0.4, 0.5) is 5.82 Å². The number of nitrogens with zero attached hydrogens (tertiary/aromatic N) is 3. The van der Waals surface area contributed by atoms with Crippen molar-refractivity contribution in [2.75, 3.05) is 11.9 Å². The van der Waals surface area contributed by atoms with Crippen molar-refractivity contribution in [3.8, 4) is 5.82 Å². The monoisotopic (exact) mass is 366 g/mol.